The molecule has 1 atom stereocenters. The van der Waals surface area contributed by atoms with Crippen molar-refractivity contribution in [2.75, 3.05) is 7.11 Å². The molecule has 0 radical (unpaired) electrons. The summed E-state index contributed by atoms with van der Waals surface area (Å²) < 4.78 is 5.08. The minimum Gasteiger partial charge on any atom is -0.496 e. The van der Waals surface area contributed by atoms with Crippen LogP contribution in [0.2, 0.25) is 0 Å². The Kier molecular flexibility index (Phi) is 3.87. The monoisotopic (exact) mass is 203 g/mol. The van der Waals surface area contributed by atoms with Gasteiger partial charge in [0.15, 0.2) is 5.78 Å². The molecule has 0 aliphatic heterocycles. The number of nitrogens with zero attached hydrogens (tertiary/aromatic N) is 1. The van der Waals surface area contributed by atoms with Gasteiger partial charge in [0.05, 0.1) is 18.7 Å². The first kappa shape index (κ1) is 11.3. The van der Waals surface area contributed by atoms with Crippen molar-refractivity contribution in [2.24, 2.45) is 5.92 Å². The van der Waals surface area contributed by atoms with Gasteiger partial charge < -0.3 is 4.74 Å². The highest BCUT2D eigenvalue weighted by atomic mass is 16.5. The van der Waals surface area contributed by atoms with Gasteiger partial charge in [-0.3, -0.25) is 4.79 Å². The van der Waals surface area contributed by atoms with E-state index in [2.05, 4.69) is 0 Å². The van der Waals surface area contributed by atoms with Crippen molar-refractivity contribution >= 4 is 5.78 Å². The zero-order chi connectivity index (χ0) is 11.3. The van der Waals surface area contributed by atoms with Crippen LogP contribution in [-0.4, -0.2) is 12.9 Å². The maximum Gasteiger partial charge on any atom is 0.183 e. The Morgan fingerprint density at radius 2 is 2.20 bits per heavy atom. The largest absolute Gasteiger partial charge is 0.496 e. The summed E-state index contributed by atoms with van der Waals surface area (Å²) in [5.74, 6) is -0.227. The van der Waals surface area contributed by atoms with E-state index in [0.717, 1.165) is 0 Å². The fourth-order valence-corrected chi connectivity index (χ4v) is 1.37. The van der Waals surface area contributed by atoms with Crippen molar-refractivity contribution in [2.45, 2.75) is 13.3 Å². The van der Waals surface area contributed by atoms with Crippen LogP contribution in [0.4, 0.5) is 0 Å². The van der Waals surface area contributed by atoms with Gasteiger partial charge in [-0.25, -0.2) is 0 Å². The van der Waals surface area contributed by atoms with E-state index in [9.17, 15) is 4.79 Å². The number of hydrogen-bond donors (Lipinski definition) is 0. The lowest BCUT2D eigenvalue weighted by Crippen LogP contribution is -2.12. The van der Waals surface area contributed by atoms with Crippen molar-refractivity contribution in [3.05, 3.63) is 29.8 Å². The Hall–Kier alpha value is -1.82. The number of methoxy groups -OCH3 is 1. The van der Waals surface area contributed by atoms with Crippen molar-refractivity contribution in [3.8, 4) is 11.8 Å². The molecule has 0 N–H and O–H groups in total. The zero-order valence-electron chi connectivity index (χ0n) is 8.86. The second-order valence-corrected chi connectivity index (χ2v) is 3.15. The lowest BCUT2D eigenvalue weighted by molar-refractivity contribution is 0.0943. The summed E-state index contributed by atoms with van der Waals surface area (Å²) in [4.78, 5) is 11.9. The van der Waals surface area contributed by atoms with Crippen LogP contribution in [0.1, 0.15) is 23.7 Å². The predicted molar refractivity (Wildman–Crippen MR) is 56.7 cm³/mol. The van der Waals surface area contributed by atoms with E-state index in [-0.39, 0.29) is 5.78 Å². The molecule has 78 valence electrons. The molecule has 0 aliphatic carbocycles. The number of ketones is 1. The first-order valence-electron chi connectivity index (χ1n) is 4.81. The molecule has 0 aromatic heterocycles. The van der Waals surface area contributed by atoms with Crippen LogP contribution >= 0.6 is 0 Å². The topological polar surface area (TPSA) is 50.1 Å². The second kappa shape index (κ2) is 5.16. The summed E-state index contributed by atoms with van der Waals surface area (Å²) in [7, 11) is 1.51. The fourth-order valence-electron chi connectivity index (χ4n) is 1.37. The molecule has 3 nitrogen and oxygen atoms in total. The number of para-hydroxylation sites is 1. The quantitative estimate of drug-likeness (QED) is 0.706. The van der Waals surface area contributed by atoms with E-state index in [1.54, 1.807) is 24.3 Å². The number of rotatable bonds is 4. The average molecular weight is 203 g/mol. The van der Waals surface area contributed by atoms with Crippen LogP contribution in [0.15, 0.2) is 24.3 Å². The van der Waals surface area contributed by atoms with Crippen molar-refractivity contribution in [1.29, 1.82) is 5.26 Å². The normalized spacial score (nSPS) is 11.5. The van der Waals surface area contributed by atoms with Gasteiger partial charge in [0, 0.05) is 0 Å². The molecule has 1 rings (SSSR count). The van der Waals surface area contributed by atoms with Crippen molar-refractivity contribution in [3.63, 3.8) is 0 Å². The lowest BCUT2D eigenvalue weighted by atomic mass is 9.96. The van der Waals surface area contributed by atoms with E-state index < -0.39 is 5.92 Å². The Balaban J connectivity index is 3.06. The summed E-state index contributed by atoms with van der Waals surface area (Å²) in [6, 6.07) is 8.96. The Bertz CT molecular complexity index is 393. The van der Waals surface area contributed by atoms with Gasteiger partial charge in [0.1, 0.15) is 11.7 Å². The highest BCUT2D eigenvalue weighted by Gasteiger charge is 2.20. The summed E-state index contributed by atoms with van der Waals surface area (Å²) in [6.07, 6.45) is 0.521. The minimum atomic E-state index is -0.582. The fraction of sp³-hybridized carbons (Fsp3) is 0.333. The standard InChI is InChI=1S/C12H13NO2/c1-3-9(8-13)12(14)10-6-4-5-7-11(10)15-2/h4-7,9H,3H2,1-2H3. The van der Waals surface area contributed by atoms with Gasteiger partial charge in [-0.05, 0) is 18.6 Å². The first-order valence-corrected chi connectivity index (χ1v) is 4.81. The van der Waals surface area contributed by atoms with E-state index >= 15 is 0 Å². The van der Waals surface area contributed by atoms with Crippen molar-refractivity contribution < 1.29 is 9.53 Å². The number of carbonyl (C=O) groups is 1. The number of hydrogen-bond acceptors (Lipinski definition) is 3. The van der Waals surface area contributed by atoms with Crippen LogP contribution in [-0.2, 0) is 0 Å². The number of Topliss-reactive ketones (excluding diaryl/α,β-unsaturated/α-hetero) is 1. The maximum atomic E-state index is 11.9. The lowest BCUT2D eigenvalue weighted by Gasteiger charge is -2.09. The molecule has 1 unspecified atom stereocenters. The molecule has 0 bridgehead atoms. The van der Waals surface area contributed by atoms with Crippen molar-refractivity contribution in [1.82, 2.24) is 0 Å². The van der Waals surface area contributed by atoms with Gasteiger partial charge in [0.2, 0.25) is 0 Å². The highest BCUT2D eigenvalue weighted by Crippen LogP contribution is 2.21. The van der Waals surface area contributed by atoms with Gasteiger partial charge in [-0.15, -0.1) is 0 Å². The van der Waals surface area contributed by atoms with Gasteiger partial charge in [0.25, 0.3) is 0 Å². The van der Waals surface area contributed by atoms with Crippen LogP contribution < -0.4 is 4.74 Å². The molecule has 0 amide bonds. The van der Waals surface area contributed by atoms with E-state index in [0.29, 0.717) is 17.7 Å². The highest BCUT2D eigenvalue weighted by molar-refractivity contribution is 6.01. The Morgan fingerprint density at radius 1 is 1.53 bits per heavy atom. The van der Waals surface area contributed by atoms with Gasteiger partial charge >= 0.3 is 0 Å². The predicted octanol–water partition coefficient (Wildman–Crippen LogP) is 2.43. The Morgan fingerprint density at radius 3 is 2.73 bits per heavy atom. The summed E-state index contributed by atoms with van der Waals surface area (Å²) in [6.45, 7) is 1.82. The number of ether oxygens (including phenoxy) is 1. The molecule has 0 spiro atoms. The van der Waals surface area contributed by atoms with E-state index in [1.165, 1.54) is 7.11 Å². The van der Waals surface area contributed by atoms with Crippen LogP contribution in [0, 0.1) is 17.2 Å². The molecule has 0 saturated heterocycles. The number of benzene rings is 1. The molecular weight excluding hydrogens is 190 g/mol. The summed E-state index contributed by atoms with van der Waals surface area (Å²) in [5.41, 5.74) is 0.480. The molecule has 1 aromatic carbocycles. The number of nitriles is 1. The summed E-state index contributed by atoms with van der Waals surface area (Å²) >= 11 is 0. The third-order valence-corrected chi connectivity index (χ3v) is 2.25. The van der Waals surface area contributed by atoms with Crippen LogP contribution in [0.25, 0.3) is 0 Å². The van der Waals surface area contributed by atoms with E-state index in [1.807, 2.05) is 13.0 Å². The number of carbonyl (C=O) groups excluding carboxylic acids is 1. The molecule has 0 fully saturated rings. The molecule has 0 saturated carbocycles. The molecular formula is C12H13NO2. The molecule has 0 aliphatic rings. The zero-order valence-corrected chi connectivity index (χ0v) is 8.86. The van der Waals surface area contributed by atoms with Gasteiger partial charge in [-0.2, -0.15) is 5.26 Å². The first-order chi connectivity index (χ1) is 7.24. The SMILES string of the molecule is CCC(C#N)C(=O)c1ccccc1OC. The van der Waals surface area contributed by atoms with E-state index in [4.69, 9.17) is 10.00 Å². The third-order valence-electron chi connectivity index (χ3n) is 2.25. The average Bonchev–Trinajstić information content (AvgIpc) is 2.30. The van der Waals surface area contributed by atoms with Crippen LogP contribution in [0.5, 0.6) is 5.75 Å². The summed E-state index contributed by atoms with van der Waals surface area (Å²) in [5, 5.41) is 8.81. The molecule has 0 heterocycles. The smallest absolute Gasteiger partial charge is 0.183 e. The molecule has 15 heavy (non-hydrogen) atoms. The second-order valence-electron chi connectivity index (χ2n) is 3.15. The van der Waals surface area contributed by atoms with Crippen LogP contribution in [0.3, 0.4) is 0 Å². The van der Waals surface area contributed by atoms with Gasteiger partial charge in [-0.1, -0.05) is 19.1 Å². The molecule has 1 aromatic rings. The Labute approximate surface area is 89.3 Å². The third kappa shape index (κ3) is 2.35. The maximum absolute atomic E-state index is 11.9. The minimum absolute atomic E-state index is 0.169. The molecule has 3 heteroatoms.